The van der Waals surface area contributed by atoms with Crippen molar-refractivity contribution >= 4 is 16.3 Å². The SMILES string of the molecule is C=C(C)c1cc2ccc(Oc3ccc(C(C)(C)C)cc3)cc2cn1. The monoisotopic (exact) mass is 317 g/mol. The molecule has 0 amide bonds. The summed E-state index contributed by atoms with van der Waals surface area (Å²) >= 11 is 0. The third-order valence-electron chi connectivity index (χ3n) is 4.09. The Morgan fingerprint density at radius 2 is 1.58 bits per heavy atom. The highest BCUT2D eigenvalue weighted by molar-refractivity contribution is 5.85. The van der Waals surface area contributed by atoms with Crippen molar-refractivity contribution in [1.29, 1.82) is 0 Å². The fourth-order valence-electron chi connectivity index (χ4n) is 2.58. The van der Waals surface area contributed by atoms with Gasteiger partial charge in [-0.1, -0.05) is 45.5 Å². The molecule has 24 heavy (non-hydrogen) atoms. The van der Waals surface area contributed by atoms with Gasteiger partial charge in [-0.25, -0.2) is 0 Å². The summed E-state index contributed by atoms with van der Waals surface area (Å²) < 4.78 is 5.99. The normalized spacial score (nSPS) is 11.5. The van der Waals surface area contributed by atoms with E-state index in [-0.39, 0.29) is 5.41 Å². The van der Waals surface area contributed by atoms with E-state index in [2.05, 4.69) is 56.6 Å². The molecule has 0 unspecified atom stereocenters. The Morgan fingerprint density at radius 1 is 0.917 bits per heavy atom. The van der Waals surface area contributed by atoms with E-state index in [4.69, 9.17) is 4.74 Å². The van der Waals surface area contributed by atoms with E-state index < -0.39 is 0 Å². The Hall–Kier alpha value is -2.61. The fourth-order valence-corrected chi connectivity index (χ4v) is 2.58. The molecular weight excluding hydrogens is 294 g/mol. The minimum absolute atomic E-state index is 0.147. The number of hydrogen-bond acceptors (Lipinski definition) is 2. The molecule has 1 heterocycles. The number of allylic oxidation sites excluding steroid dienone is 1. The quantitative estimate of drug-likeness (QED) is 0.561. The van der Waals surface area contributed by atoms with Crippen LogP contribution < -0.4 is 4.74 Å². The number of rotatable bonds is 3. The van der Waals surface area contributed by atoms with Gasteiger partial charge in [0, 0.05) is 11.6 Å². The Balaban J connectivity index is 1.85. The molecule has 0 spiro atoms. The first kappa shape index (κ1) is 16.3. The average molecular weight is 317 g/mol. The molecule has 0 N–H and O–H groups in total. The summed E-state index contributed by atoms with van der Waals surface area (Å²) in [6, 6.07) is 16.4. The van der Waals surface area contributed by atoms with Gasteiger partial charge in [0.15, 0.2) is 0 Å². The lowest BCUT2D eigenvalue weighted by Gasteiger charge is -2.19. The first-order chi connectivity index (χ1) is 11.3. The molecule has 0 saturated heterocycles. The van der Waals surface area contributed by atoms with E-state index >= 15 is 0 Å². The van der Waals surface area contributed by atoms with Crippen LogP contribution in [0, 0.1) is 0 Å². The topological polar surface area (TPSA) is 22.1 Å². The molecule has 3 aromatic rings. The maximum atomic E-state index is 5.99. The van der Waals surface area contributed by atoms with Gasteiger partial charge in [0.2, 0.25) is 0 Å². The van der Waals surface area contributed by atoms with Gasteiger partial charge in [-0.2, -0.15) is 0 Å². The molecular formula is C22H23NO. The van der Waals surface area contributed by atoms with Crippen LogP contribution in [0.5, 0.6) is 11.5 Å². The summed E-state index contributed by atoms with van der Waals surface area (Å²) in [5, 5.41) is 2.20. The number of fused-ring (bicyclic) bond motifs is 1. The van der Waals surface area contributed by atoms with Crippen LogP contribution in [-0.2, 0) is 5.41 Å². The summed E-state index contributed by atoms with van der Waals surface area (Å²) in [4.78, 5) is 4.44. The van der Waals surface area contributed by atoms with Crippen molar-refractivity contribution in [1.82, 2.24) is 4.98 Å². The molecule has 0 saturated carbocycles. The third kappa shape index (κ3) is 3.48. The molecule has 0 fully saturated rings. The van der Waals surface area contributed by atoms with Gasteiger partial charge in [-0.15, -0.1) is 0 Å². The third-order valence-corrected chi connectivity index (χ3v) is 4.09. The Kier molecular flexibility index (Phi) is 4.15. The Morgan fingerprint density at radius 3 is 2.21 bits per heavy atom. The standard InChI is InChI=1S/C22H23NO/c1-15(2)21-13-16-6-9-20(12-17(16)14-23-21)24-19-10-7-18(8-11-19)22(3,4)5/h6-14H,1H2,2-5H3. The van der Waals surface area contributed by atoms with Crippen LogP contribution in [0.15, 0.2) is 61.3 Å². The number of aromatic nitrogens is 1. The second-order valence-corrected chi connectivity index (χ2v) is 7.24. The van der Waals surface area contributed by atoms with Crippen LogP contribution in [-0.4, -0.2) is 4.98 Å². The predicted molar refractivity (Wildman–Crippen MR) is 102 cm³/mol. The van der Waals surface area contributed by atoms with Crippen molar-refractivity contribution < 1.29 is 4.74 Å². The molecule has 0 aliphatic heterocycles. The van der Waals surface area contributed by atoms with E-state index in [1.54, 1.807) is 0 Å². The average Bonchev–Trinajstić information content (AvgIpc) is 2.54. The van der Waals surface area contributed by atoms with Crippen molar-refractivity contribution in [2.75, 3.05) is 0 Å². The molecule has 3 rings (SSSR count). The lowest BCUT2D eigenvalue weighted by atomic mass is 9.87. The predicted octanol–water partition coefficient (Wildman–Crippen LogP) is 6.36. The van der Waals surface area contributed by atoms with Gasteiger partial charge in [0.05, 0.1) is 5.69 Å². The zero-order chi connectivity index (χ0) is 17.3. The first-order valence-electron chi connectivity index (χ1n) is 8.17. The minimum atomic E-state index is 0.147. The molecule has 2 heteroatoms. The van der Waals surface area contributed by atoms with Crippen LogP contribution in [0.1, 0.15) is 39.0 Å². The molecule has 0 bridgehead atoms. The van der Waals surface area contributed by atoms with Crippen LogP contribution in [0.3, 0.4) is 0 Å². The smallest absolute Gasteiger partial charge is 0.128 e. The number of pyridine rings is 1. The molecule has 2 nitrogen and oxygen atoms in total. The van der Waals surface area contributed by atoms with Crippen molar-refractivity contribution in [2.24, 2.45) is 0 Å². The summed E-state index contributed by atoms with van der Waals surface area (Å²) in [7, 11) is 0. The maximum Gasteiger partial charge on any atom is 0.128 e. The zero-order valence-corrected chi connectivity index (χ0v) is 14.8. The molecule has 0 aliphatic carbocycles. The van der Waals surface area contributed by atoms with Crippen LogP contribution in [0.25, 0.3) is 16.3 Å². The van der Waals surface area contributed by atoms with Gasteiger partial charge < -0.3 is 4.74 Å². The van der Waals surface area contributed by atoms with Crippen molar-refractivity contribution in [3.05, 3.63) is 72.6 Å². The molecule has 1 aromatic heterocycles. The summed E-state index contributed by atoms with van der Waals surface area (Å²) in [6.45, 7) is 12.5. The lowest BCUT2D eigenvalue weighted by Crippen LogP contribution is -2.10. The molecule has 0 aliphatic rings. The van der Waals surface area contributed by atoms with Crippen molar-refractivity contribution in [3.8, 4) is 11.5 Å². The van der Waals surface area contributed by atoms with Gasteiger partial charge >= 0.3 is 0 Å². The highest BCUT2D eigenvalue weighted by Crippen LogP contribution is 2.29. The number of benzene rings is 2. The maximum absolute atomic E-state index is 5.99. The van der Waals surface area contributed by atoms with E-state index in [0.717, 1.165) is 33.5 Å². The molecule has 122 valence electrons. The molecule has 2 aromatic carbocycles. The van der Waals surface area contributed by atoms with E-state index in [1.807, 2.05) is 37.4 Å². The van der Waals surface area contributed by atoms with Crippen molar-refractivity contribution in [2.45, 2.75) is 33.1 Å². The summed E-state index contributed by atoms with van der Waals surface area (Å²) in [6.07, 6.45) is 1.87. The van der Waals surface area contributed by atoms with Gasteiger partial charge in [0.1, 0.15) is 11.5 Å². The first-order valence-corrected chi connectivity index (χ1v) is 8.17. The van der Waals surface area contributed by atoms with Crippen LogP contribution >= 0.6 is 0 Å². The largest absolute Gasteiger partial charge is 0.457 e. The van der Waals surface area contributed by atoms with Crippen LogP contribution in [0.4, 0.5) is 0 Å². The highest BCUT2D eigenvalue weighted by atomic mass is 16.5. The van der Waals surface area contributed by atoms with E-state index in [1.165, 1.54) is 5.56 Å². The highest BCUT2D eigenvalue weighted by Gasteiger charge is 2.13. The summed E-state index contributed by atoms with van der Waals surface area (Å²) in [5.74, 6) is 1.66. The summed E-state index contributed by atoms with van der Waals surface area (Å²) in [5.41, 5.74) is 3.34. The number of ether oxygens (including phenoxy) is 1. The molecule has 0 atom stereocenters. The van der Waals surface area contributed by atoms with Crippen LogP contribution in [0.2, 0.25) is 0 Å². The zero-order valence-electron chi connectivity index (χ0n) is 14.8. The number of hydrogen-bond donors (Lipinski definition) is 0. The lowest BCUT2D eigenvalue weighted by molar-refractivity contribution is 0.482. The minimum Gasteiger partial charge on any atom is -0.457 e. The van der Waals surface area contributed by atoms with Gasteiger partial charge in [-0.05, 0) is 59.2 Å². The molecule has 0 radical (unpaired) electrons. The Labute approximate surface area is 143 Å². The van der Waals surface area contributed by atoms with Gasteiger partial charge in [0.25, 0.3) is 0 Å². The second-order valence-electron chi connectivity index (χ2n) is 7.24. The fraction of sp³-hybridized carbons (Fsp3) is 0.227. The Bertz CT molecular complexity index is 886. The van der Waals surface area contributed by atoms with Crippen molar-refractivity contribution in [3.63, 3.8) is 0 Å². The van der Waals surface area contributed by atoms with E-state index in [9.17, 15) is 0 Å². The second kappa shape index (κ2) is 6.12. The number of nitrogens with zero attached hydrogens (tertiary/aromatic N) is 1. The van der Waals surface area contributed by atoms with E-state index in [0.29, 0.717) is 0 Å². The van der Waals surface area contributed by atoms with Gasteiger partial charge in [-0.3, -0.25) is 4.98 Å².